The molecule has 0 aliphatic heterocycles. The summed E-state index contributed by atoms with van der Waals surface area (Å²) in [7, 11) is 0. The Hall–Kier alpha value is -3.30. The molecule has 21 heavy (non-hydrogen) atoms. The second-order valence-corrected chi connectivity index (χ2v) is 4.81. The number of rotatable bonds is 3. The van der Waals surface area contributed by atoms with Gasteiger partial charge < -0.3 is 5.73 Å². The van der Waals surface area contributed by atoms with Crippen LogP contribution in [0.3, 0.4) is 0 Å². The van der Waals surface area contributed by atoms with Crippen LogP contribution in [0.4, 0.5) is 21.4 Å². The minimum atomic E-state index is -0.596. The maximum atomic E-state index is 10.6. The van der Waals surface area contributed by atoms with Gasteiger partial charge in [-0.15, -0.1) is 10.2 Å². The van der Waals surface area contributed by atoms with E-state index >= 15 is 0 Å². The lowest BCUT2D eigenvalue weighted by Crippen LogP contribution is -1.88. The lowest BCUT2D eigenvalue weighted by Gasteiger charge is -1.96. The van der Waals surface area contributed by atoms with Crippen molar-refractivity contribution in [2.24, 2.45) is 10.2 Å². The van der Waals surface area contributed by atoms with Crippen LogP contribution in [-0.4, -0.2) is 4.92 Å². The lowest BCUT2D eigenvalue weighted by atomic mass is 10.2. The molecule has 2 N–H and O–H groups in total. The van der Waals surface area contributed by atoms with Gasteiger partial charge in [-0.2, -0.15) is 10.5 Å². The van der Waals surface area contributed by atoms with Gasteiger partial charge in [-0.3, -0.25) is 10.1 Å². The fraction of sp³-hybridized carbons (Fsp3) is 0. The van der Waals surface area contributed by atoms with E-state index in [1.54, 1.807) is 0 Å². The number of azo groups is 1. The van der Waals surface area contributed by atoms with Gasteiger partial charge >= 0.3 is 0 Å². The van der Waals surface area contributed by atoms with Crippen LogP contribution < -0.4 is 5.73 Å². The average Bonchev–Trinajstić information content (AvgIpc) is 2.84. The molecule has 1 aromatic heterocycles. The zero-order valence-corrected chi connectivity index (χ0v) is 11.2. The van der Waals surface area contributed by atoms with E-state index in [2.05, 4.69) is 10.2 Å². The number of nitro groups is 1. The molecule has 0 atom stereocenters. The Morgan fingerprint density at radius 2 is 1.90 bits per heavy atom. The highest BCUT2D eigenvalue weighted by atomic mass is 32.1. The van der Waals surface area contributed by atoms with E-state index in [0.29, 0.717) is 15.6 Å². The van der Waals surface area contributed by atoms with Gasteiger partial charge in [0.05, 0.1) is 16.1 Å². The number of nitriles is 2. The molecule has 102 valence electrons. The van der Waals surface area contributed by atoms with Gasteiger partial charge in [-0.25, -0.2) is 0 Å². The topological polar surface area (TPSA) is 141 Å². The Balaban J connectivity index is 2.35. The quantitative estimate of drug-likeness (QED) is 0.525. The molecule has 1 heterocycles. The summed E-state index contributed by atoms with van der Waals surface area (Å²) in [6, 6.07) is 8.90. The highest BCUT2D eigenvalue weighted by Gasteiger charge is 2.10. The first-order valence-corrected chi connectivity index (χ1v) is 6.26. The Kier molecular flexibility index (Phi) is 3.88. The predicted molar refractivity (Wildman–Crippen MR) is 75.4 cm³/mol. The van der Waals surface area contributed by atoms with E-state index in [4.69, 9.17) is 16.3 Å². The first kappa shape index (κ1) is 14.1. The molecule has 2 rings (SSSR count). The SMILES string of the molecule is N#Cc1cc([N+](=O)[O-])ccc1/N=N/c1cc(C#N)c(N)s1. The number of hydrogen-bond acceptors (Lipinski definition) is 8. The van der Waals surface area contributed by atoms with E-state index in [0.717, 1.165) is 17.4 Å². The average molecular weight is 298 g/mol. The van der Waals surface area contributed by atoms with Crippen LogP contribution in [0.2, 0.25) is 0 Å². The van der Waals surface area contributed by atoms with Gasteiger partial charge in [0.1, 0.15) is 27.8 Å². The molecule has 0 saturated heterocycles. The highest BCUT2D eigenvalue weighted by molar-refractivity contribution is 7.19. The molecule has 0 fully saturated rings. The monoisotopic (exact) mass is 298 g/mol. The summed E-state index contributed by atoms with van der Waals surface area (Å²) in [5.74, 6) is 0. The van der Waals surface area contributed by atoms with Crippen LogP contribution in [0, 0.1) is 32.8 Å². The summed E-state index contributed by atoms with van der Waals surface area (Å²) in [6.07, 6.45) is 0. The lowest BCUT2D eigenvalue weighted by molar-refractivity contribution is -0.384. The number of benzene rings is 1. The van der Waals surface area contributed by atoms with E-state index in [9.17, 15) is 10.1 Å². The molecule has 0 saturated carbocycles. The van der Waals surface area contributed by atoms with Crippen molar-refractivity contribution in [1.29, 1.82) is 10.5 Å². The largest absolute Gasteiger partial charge is 0.389 e. The highest BCUT2D eigenvalue weighted by Crippen LogP contribution is 2.33. The van der Waals surface area contributed by atoms with Gasteiger partial charge in [0, 0.05) is 12.1 Å². The molecule has 0 aliphatic rings. The molecule has 0 bridgehead atoms. The van der Waals surface area contributed by atoms with Crippen molar-refractivity contribution >= 4 is 32.7 Å². The number of anilines is 1. The van der Waals surface area contributed by atoms with Crippen LogP contribution in [0.25, 0.3) is 0 Å². The Morgan fingerprint density at radius 1 is 1.19 bits per heavy atom. The zero-order chi connectivity index (χ0) is 15.4. The minimum Gasteiger partial charge on any atom is -0.389 e. The Bertz CT molecular complexity index is 827. The van der Waals surface area contributed by atoms with E-state index in [1.165, 1.54) is 18.2 Å². The van der Waals surface area contributed by atoms with Crippen LogP contribution in [-0.2, 0) is 0 Å². The molecular weight excluding hydrogens is 292 g/mol. The molecule has 0 radical (unpaired) electrons. The number of hydrogen-bond donors (Lipinski definition) is 1. The minimum absolute atomic E-state index is 0.0398. The first-order chi connectivity index (χ1) is 10.0. The summed E-state index contributed by atoms with van der Waals surface area (Å²) < 4.78 is 0. The summed E-state index contributed by atoms with van der Waals surface area (Å²) in [6.45, 7) is 0. The molecule has 8 nitrogen and oxygen atoms in total. The number of nitro benzene ring substituents is 1. The van der Waals surface area contributed by atoms with Gasteiger partial charge in [0.15, 0.2) is 0 Å². The fourth-order valence-electron chi connectivity index (χ4n) is 1.45. The second kappa shape index (κ2) is 5.77. The summed E-state index contributed by atoms with van der Waals surface area (Å²) >= 11 is 1.08. The van der Waals surface area contributed by atoms with Crippen molar-refractivity contribution in [1.82, 2.24) is 0 Å². The van der Waals surface area contributed by atoms with Gasteiger partial charge in [0.2, 0.25) is 0 Å². The molecule has 2 aromatic rings. The van der Waals surface area contributed by atoms with Crippen molar-refractivity contribution in [3.05, 3.63) is 45.5 Å². The summed E-state index contributed by atoms with van der Waals surface area (Å²) in [5, 5.41) is 36.9. The van der Waals surface area contributed by atoms with E-state index in [-0.39, 0.29) is 16.9 Å². The smallest absolute Gasteiger partial charge is 0.270 e. The van der Waals surface area contributed by atoms with E-state index in [1.807, 2.05) is 12.1 Å². The third kappa shape index (κ3) is 3.00. The van der Waals surface area contributed by atoms with Crippen molar-refractivity contribution in [2.45, 2.75) is 0 Å². The summed E-state index contributed by atoms with van der Waals surface area (Å²) in [5.41, 5.74) is 5.95. The molecule has 0 unspecified atom stereocenters. The standard InChI is InChI=1S/C12H6N6O2S/c13-5-7-3-9(18(19)20)1-2-10(7)16-17-11-4-8(6-14)12(15)21-11/h1-4H,15H2/b17-16+. The van der Waals surface area contributed by atoms with Crippen molar-refractivity contribution in [2.75, 3.05) is 5.73 Å². The molecule has 1 aromatic carbocycles. The van der Waals surface area contributed by atoms with Gasteiger partial charge in [0.25, 0.3) is 5.69 Å². The van der Waals surface area contributed by atoms with E-state index < -0.39 is 4.92 Å². The number of nitrogen functional groups attached to an aromatic ring is 1. The van der Waals surface area contributed by atoms with Gasteiger partial charge in [-0.1, -0.05) is 11.3 Å². The molecule has 0 amide bonds. The summed E-state index contributed by atoms with van der Waals surface area (Å²) in [4.78, 5) is 10.0. The number of nitrogens with zero attached hydrogens (tertiary/aromatic N) is 5. The van der Waals surface area contributed by atoms with Crippen LogP contribution >= 0.6 is 11.3 Å². The molecule has 0 spiro atoms. The molecule has 9 heteroatoms. The van der Waals surface area contributed by atoms with Crippen LogP contribution in [0.1, 0.15) is 11.1 Å². The van der Waals surface area contributed by atoms with Crippen LogP contribution in [0.15, 0.2) is 34.5 Å². The number of thiophene rings is 1. The Morgan fingerprint density at radius 3 is 2.48 bits per heavy atom. The van der Waals surface area contributed by atoms with Crippen molar-refractivity contribution < 1.29 is 4.92 Å². The number of nitrogens with two attached hydrogens (primary N) is 1. The second-order valence-electron chi connectivity index (χ2n) is 3.74. The first-order valence-electron chi connectivity index (χ1n) is 5.45. The molecule has 0 aliphatic carbocycles. The third-order valence-electron chi connectivity index (χ3n) is 2.44. The van der Waals surface area contributed by atoms with Crippen molar-refractivity contribution in [3.63, 3.8) is 0 Å². The zero-order valence-electron chi connectivity index (χ0n) is 10.3. The van der Waals surface area contributed by atoms with Gasteiger partial charge in [-0.05, 0) is 12.1 Å². The fourth-order valence-corrected chi connectivity index (χ4v) is 2.14. The normalized spacial score (nSPS) is 10.2. The Labute approximate surface area is 122 Å². The van der Waals surface area contributed by atoms with Crippen LogP contribution in [0.5, 0.6) is 0 Å². The third-order valence-corrected chi connectivity index (χ3v) is 3.28. The maximum absolute atomic E-state index is 10.6. The molecular formula is C12H6N6O2S. The maximum Gasteiger partial charge on any atom is 0.270 e. The van der Waals surface area contributed by atoms with Crippen molar-refractivity contribution in [3.8, 4) is 12.1 Å². The number of non-ortho nitro benzene ring substituents is 1. The predicted octanol–water partition coefficient (Wildman–Crippen LogP) is 3.40.